The summed E-state index contributed by atoms with van der Waals surface area (Å²) < 4.78 is 1.18. The second-order valence-electron chi connectivity index (χ2n) is 4.80. The van der Waals surface area contributed by atoms with Crippen molar-refractivity contribution in [1.29, 1.82) is 0 Å². The normalized spacial score (nSPS) is 18.5. The van der Waals surface area contributed by atoms with Crippen LogP contribution in [0.25, 0.3) is 0 Å². The Kier molecular flexibility index (Phi) is 5.39. The Morgan fingerprint density at radius 1 is 1.29 bits per heavy atom. The van der Waals surface area contributed by atoms with Crippen LogP contribution in [-0.2, 0) is 6.42 Å². The average Bonchev–Trinajstić information content (AvgIpc) is 2.82. The minimum Gasteiger partial charge on any atom is -0.327 e. The molecule has 1 aliphatic rings. The lowest BCUT2D eigenvalue weighted by Gasteiger charge is -2.15. The smallest absolute Gasteiger partial charge is 0.0207 e. The Morgan fingerprint density at radius 2 is 2.00 bits per heavy atom. The van der Waals surface area contributed by atoms with Crippen LogP contribution in [-0.4, -0.2) is 17.0 Å². The minimum absolute atomic E-state index is 0.277. The monoisotopic (exact) mass is 313 g/mol. The predicted molar refractivity (Wildman–Crippen MR) is 80.5 cm³/mol. The number of thioether (sulfide) groups is 1. The molecule has 0 spiro atoms. The van der Waals surface area contributed by atoms with Crippen LogP contribution in [0.1, 0.15) is 31.2 Å². The van der Waals surface area contributed by atoms with Crippen LogP contribution in [0.3, 0.4) is 0 Å². The van der Waals surface area contributed by atoms with Crippen molar-refractivity contribution in [2.45, 2.75) is 43.4 Å². The highest BCUT2D eigenvalue weighted by atomic mass is 79.9. The second-order valence-corrected chi connectivity index (χ2v) is 6.98. The van der Waals surface area contributed by atoms with Gasteiger partial charge in [0.15, 0.2) is 0 Å². The molecule has 1 unspecified atom stereocenters. The Balaban J connectivity index is 1.76. The molecule has 0 aliphatic heterocycles. The molecule has 0 heterocycles. The molecular weight excluding hydrogens is 294 g/mol. The predicted octanol–water partition coefficient (Wildman–Crippen LogP) is 3.99. The van der Waals surface area contributed by atoms with E-state index in [1.807, 2.05) is 6.07 Å². The molecule has 1 aromatic carbocycles. The third-order valence-corrected chi connectivity index (χ3v) is 5.63. The van der Waals surface area contributed by atoms with Crippen LogP contribution >= 0.6 is 27.7 Å². The highest BCUT2D eigenvalue weighted by Gasteiger charge is 2.16. The Morgan fingerprint density at radius 3 is 2.71 bits per heavy atom. The molecule has 2 rings (SSSR count). The third-order valence-electron chi connectivity index (χ3n) is 3.29. The van der Waals surface area contributed by atoms with E-state index < -0.39 is 0 Å². The summed E-state index contributed by atoms with van der Waals surface area (Å²) in [5, 5.41) is 0.875. The Bertz CT molecular complexity index is 350. The van der Waals surface area contributed by atoms with E-state index in [1.54, 1.807) is 0 Å². The van der Waals surface area contributed by atoms with Crippen molar-refractivity contribution in [3.8, 4) is 0 Å². The van der Waals surface area contributed by atoms with Crippen molar-refractivity contribution in [2.75, 3.05) is 5.75 Å². The number of hydrogen-bond acceptors (Lipinski definition) is 2. The summed E-state index contributed by atoms with van der Waals surface area (Å²) in [5.74, 6) is 1.09. The summed E-state index contributed by atoms with van der Waals surface area (Å²) >= 11 is 5.66. The topological polar surface area (TPSA) is 26.0 Å². The van der Waals surface area contributed by atoms with E-state index in [2.05, 4.69) is 45.9 Å². The van der Waals surface area contributed by atoms with Crippen molar-refractivity contribution < 1.29 is 0 Å². The van der Waals surface area contributed by atoms with E-state index in [-0.39, 0.29) is 6.04 Å². The van der Waals surface area contributed by atoms with Crippen molar-refractivity contribution in [3.05, 3.63) is 34.3 Å². The van der Waals surface area contributed by atoms with Gasteiger partial charge < -0.3 is 5.73 Å². The molecule has 1 aliphatic carbocycles. The summed E-state index contributed by atoms with van der Waals surface area (Å²) in [5.41, 5.74) is 7.54. The van der Waals surface area contributed by atoms with Crippen LogP contribution in [0, 0.1) is 0 Å². The maximum absolute atomic E-state index is 6.21. The number of halogens is 1. The van der Waals surface area contributed by atoms with E-state index in [0.29, 0.717) is 0 Å². The molecule has 3 heteroatoms. The van der Waals surface area contributed by atoms with Gasteiger partial charge in [-0.1, -0.05) is 47.0 Å². The minimum atomic E-state index is 0.277. The molecule has 17 heavy (non-hydrogen) atoms. The van der Waals surface area contributed by atoms with Crippen molar-refractivity contribution >= 4 is 27.7 Å². The molecular formula is C14H20BrNS. The summed E-state index contributed by atoms with van der Waals surface area (Å²) in [7, 11) is 0. The van der Waals surface area contributed by atoms with E-state index in [4.69, 9.17) is 5.73 Å². The zero-order chi connectivity index (χ0) is 12.1. The van der Waals surface area contributed by atoms with Gasteiger partial charge in [-0.15, -0.1) is 0 Å². The molecule has 0 bridgehead atoms. The fourth-order valence-electron chi connectivity index (χ4n) is 2.32. The van der Waals surface area contributed by atoms with E-state index in [1.165, 1.54) is 35.7 Å². The quantitative estimate of drug-likeness (QED) is 0.889. The highest BCUT2D eigenvalue weighted by Crippen LogP contribution is 2.30. The van der Waals surface area contributed by atoms with Gasteiger partial charge in [0.1, 0.15) is 0 Å². The molecule has 0 radical (unpaired) electrons. The van der Waals surface area contributed by atoms with Gasteiger partial charge in [-0.25, -0.2) is 0 Å². The number of hydrogen-bond donors (Lipinski definition) is 1. The van der Waals surface area contributed by atoms with E-state index in [9.17, 15) is 0 Å². The zero-order valence-corrected chi connectivity index (χ0v) is 12.5. The van der Waals surface area contributed by atoms with Crippen LogP contribution in [0.15, 0.2) is 28.7 Å². The molecule has 94 valence electrons. The number of benzene rings is 1. The number of nitrogens with two attached hydrogens (primary N) is 1. The van der Waals surface area contributed by atoms with E-state index >= 15 is 0 Å². The first kappa shape index (κ1) is 13.4. The van der Waals surface area contributed by atoms with E-state index in [0.717, 1.165) is 17.4 Å². The van der Waals surface area contributed by atoms with Crippen molar-refractivity contribution in [1.82, 2.24) is 0 Å². The summed E-state index contributed by atoms with van der Waals surface area (Å²) in [6, 6.07) is 8.65. The maximum atomic E-state index is 6.21. The third kappa shape index (κ3) is 4.31. The van der Waals surface area contributed by atoms with Gasteiger partial charge in [0.2, 0.25) is 0 Å². The van der Waals surface area contributed by atoms with Crippen LogP contribution in [0.5, 0.6) is 0 Å². The van der Waals surface area contributed by atoms with Gasteiger partial charge in [-0.05, 0) is 30.9 Å². The summed E-state index contributed by atoms with van der Waals surface area (Å²) in [4.78, 5) is 0. The molecule has 0 amide bonds. The molecule has 1 saturated carbocycles. The fraction of sp³-hybridized carbons (Fsp3) is 0.571. The zero-order valence-electron chi connectivity index (χ0n) is 10.1. The Hall–Kier alpha value is 0.01000. The van der Waals surface area contributed by atoms with Crippen molar-refractivity contribution in [2.24, 2.45) is 5.73 Å². The fourth-order valence-corrected chi connectivity index (χ4v) is 4.07. The van der Waals surface area contributed by atoms with Crippen LogP contribution < -0.4 is 5.73 Å². The maximum Gasteiger partial charge on any atom is 0.0207 e. The van der Waals surface area contributed by atoms with Gasteiger partial charge >= 0.3 is 0 Å². The average molecular weight is 314 g/mol. The molecule has 0 saturated heterocycles. The standard InChI is InChI=1S/C14H20BrNS/c15-14-8-4-1-5-11(14)9-12(16)10-17-13-6-2-3-7-13/h1,4-5,8,12-13H,2-3,6-7,9-10,16H2. The SMILES string of the molecule is NC(CSC1CCCC1)Cc1ccccc1Br. The number of rotatable bonds is 5. The second kappa shape index (κ2) is 6.81. The molecule has 1 fully saturated rings. The van der Waals surface area contributed by atoms with Crippen molar-refractivity contribution in [3.63, 3.8) is 0 Å². The van der Waals surface area contributed by atoms with Crippen LogP contribution in [0.2, 0.25) is 0 Å². The highest BCUT2D eigenvalue weighted by molar-refractivity contribution is 9.10. The summed E-state index contributed by atoms with van der Waals surface area (Å²) in [6.07, 6.45) is 6.59. The van der Waals surface area contributed by atoms with Gasteiger partial charge in [0.05, 0.1) is 0 Å². The first-order chi connectivity index (χ1) is 8.25. The lowest BCUT2D eigenvalue weighted by Crippen LogP contribution is -2.26. The van der Waals surface area contributed by atoms with Gasteiger partial charge in [-0.3, -0.25) is 0 Å². The molecule has 2 N–H and O–H groups in total. The molecule has 1 atom stereocenters. The van der Waals surface area contributed by atoms with Gasteiger partial charge in [0.25, 0.3) is 0 Å². The van der Waals surface area contributed by atoms with Crippen LogP contribution in [0.4, 0.5) is 0 Å². The lowest BCUT2D eigenvalue weighted by molar-refractivity contribution is 0.742. The molecule has 0 aromatic heterocycles. The molecule has 1 aromatic rings. The largest absolute Gasteiger partial charge is 0.327 e. The van der Waals surface area contributed by atoms with Gasteiger partial charge in [-0.2, -0.15) is 11.8 Å². The molecule has 1 nitrogen and oxygen atoms in total. The summed E-state index contributed by atoms with van der Waals surface area (Å²) in [6.45, 7) is 0. The first-order valence-electron chi connectivity index (χ1n) is 6.36. The Labute approximate surface area is 117 Å². The lowest BCUT2D eigenvalue weighted by atomic mass is 10.1. The first-order valence-corrected chi connectivity index (χ1v) is 8.20. The van der Waals surface area contributed by atoms with Gasteiger partial charge in [0, 0.05) is 21.5 Å².